The fourth-order valence-electron chi connectivity index (χ4n) is 3.36. The van der Waals surface area contributed by atoms with E-state index < -0.39 is 15.4 Å². The van der Waals surface area contributed by atoms with Crippen molar-refractivity contribution in [2.45, 2.75) is 32.7 Å². The van der Waals surface area contributed by atoms with Crippen molar-refractivity contribution in [2.24, 2.45) is 5.92 Å². The van der Waals surface area contributed by atoms with Gasteiger partial charge in [0, 0.05) is 6.61 Å². The molecule has 3 nitrogen and oxygen atoms in total. The van der Waals surface area contributed by atoms with E-state index in [1.54, 1.807) is 6.08 Å². The second kappa shape index (κ2) is 8.82. The highest BCUT2D eigenvalue weighted by atomic mass is 28.4. The van der Waals surface area contributed by atoms with E-state index in [2.05, 4.69) is 69.3 Å². The van der Waals surface area contributed by atoms with Gasteiger partial charge in [-0.2, -0.15) is 0 Å². The topological polar surface area (TPSA) is 49.7 Å². The Balaban J connectivity index is 2.47. The molecule has 0 saturated carbocycles. The van der Waals surface area contributed by atoms with Gasteiger partial charge in [-0.15, -0.1) is 0 Å². The minimum Gasteiger partial charge on any atom is -0.424 e. The SMILES string of the molecule is C[C@H](/C=C/B(O)O)CO[Si](c1ccccc1)(c1ccccc1)C(C)(C)C. The van der Waals surface area contributed by atoms with Crippen LogP contribution in [0.5, 0.6) is 0 Å². The van der Waals surface area contributed by atoms with Crippen LogP contribution in [0.1, 0.15) is 27.7 Å². The van der Waals surface area contributed by atoms with Crippen LogP contribution in [0.4, 0.5) is 0 Å². The van der Waals surface area contributed by atoms with Crippen LogP contribution in [-0.2, 0) is 4.43 Å². The molecule has 0 spiro atoms. The summed E-state index contributed by atoms with van der Waals surface area (Å²) in [5, 5.41) is 20.5. The predicted molar refractivity (Wildman–Crippen MR) is 112 cm³/mol. The summed E-state index contributed by atoms with van der Waals surface area (Å²) in [4.78, 5) is 0. The fourth-order valence-corrected chi connectivity index (χ4v) is 8.03. The second-order valence-corrected chi connectivity index (χ2v) is 12.1. The Hall–Kier alpha value is -1.66. The molecule has 0 saturated heterocycles. The van der Waals surface area contributed by atoms with Crippen molar-refractivity contribution >= 4 is 25.8 Å². The lowest BCUT2D eigenvalue weighted by Gasteiger charge is -2.43. The average Bonchev–Trinajstić information content (AvgIpc) is 2.61. The third kappa shape index (κ3) is 4.74. The van der Waals surface area contributed by atoms with Crippen molar-refractivity contribution in [2.75, 3.05) is 6.61 Å². The molecule has 2 aromatic rings. The average molecular weight is 368 g/mol. The van der Waals surface area contributed by atoms with Gasteiger partial charge in [0.2, 0.25) is 0 Å². The quantitative estimate of drug-likeness (QED) is 0.739. The van der Waals surface area contributed by atoms with Crippen LogP contribution in [0.15, 0.2) is 72.7 Å². The Labute approximate surface area is 158 Å². The van der Waals surface area contributed by atoms with Gasteiger partial charge in [0.1, 0.15) is 0 Å². The lowest BCUT2D eigenvalue weighted by atomic mass is 9.90. The van der Waals surface area contributed by atoms with Gasteiger partial charge in [0.05, 0.1) is 0 Å². The molecule has 2 aromatic carbocycles. The maximum atomic E-state index is 9.05. The Morgan fingerprint density at radius 1 is 0.962 bits per heavy atom. The zero-order valence-electron chi connectivity index (χ0n) is 16.1. The lowest BCUT2D eigenvalue weighted by Crippen LogP contribution is -2.66. The van der Waals surface area contributed by atoms with Gasteiger partial charge >= 0.3 is 7.12 Å². The summed E-state index contributed by atoms with van der Waals surface area (Å²) in [5.41, 5.74) is 0. The number of benzene rings is 2. The first-order valence-corrected chi connectivity index (χ1v) is 11.0. The molecule has 0 unspecified atom stereocenters. The van der Waals surface area contributed by atoms with Crippen LogP contribution in [0.2, 0.25) is 5.04 Å². The van der Waals surface area contributed by atoms with Crippen molar-refractivity contribution in [3.8, 4) is 0 Å². The van der Waals surface area contributed by atoms with Gasteiger partial charge < -0.3 is 14.5 Å². The van der Waals surface area contributed by atoms with E-state index >= 15 is 0 Å². The molecular weight excluding hydrogens is 339 g/mol. The molecule has 0 aliphatic heterocycles. The van der Waals surface area contributed by atoms with Crippen LogP contribution >= 0.6 is 0 Å². The van der Waals surface area contributed by atoms with E-state index in [0.29, 0.717) is 6.61 Å². The predicted octanol–water partition coefficient (Wildman–Crippen LogP) is 2.77. The number of hydrogen-bond donors (Lipinski definition) is 2. The molecule has 0 aliphatic carbocycles. The molecule has 0 fully saturated rings. The summed E-state index contributed by atoms with van der Waals surface area (Å²) in [6.07, 6.45) is 1.79. The van der Waals surface area contributed by atoms with E-state index in [-0.39, 0.29) is 11.0 Å². The molecule has 0 bridgehead atoms. The normalized spacial score (nSPS) is 13.8. The summed E-state index contributed by atoms with van der Waals surface area (Å²) >= 11 is 0. The first kappa shape index (κ1) is 20.7. The van der Waals surface area contributed by atoms with E-state index in [9.17, 15) is 0 Å². The zero-order chi connectivity index (χ0) is 19.2. The Kier molecular flexibility index (Phi) is 7.01. The van der Waals surface area contributed by atoms with Crippen molar-refractivity contribution in [3.63, 3.8) is 0 Å². The maximum absolute atomic E-state index is 9.05. The summed E-state index contributed by atoms with van der Waals surface area (Å²) in [7, 11) is -3.95. The molecule has 2 rings (SSSR count). The third-order valence-corrected chi connectivity index (χ3v) is 9.60. The van der Waals surface area contributed by atoms with Gasteiger partial charge in [-0.3, -0.25) is 0 Å². The molecule has 0 aromatic heterocycles. The summed E-state index contributed by atoms with van der Waals surface area (Å²) < 4.78 is 6.78. The molecule has 0 heterocycles. The maximum Gasteiger partial charge on any atom is 0.480 e. The third-order valence-electron chi connectivity index (χ3n) is 4.59. The van der Waals surface area contributed by atoms with Crippen molar-refractivity contribution < 1.29 is 14.5 Å². The van der Waals surface area contributed by atoms with E-state index in [1.807, 2.05) is 19.1 Å². The first-order chi connectivity index (χ1) is 12.3. The molecule has 0 aliphatic rings. The van der Waals surface area contributed by atoms with Crippen molar-refractivity contribution in [3.05, 3.63) is 72.7 Å². The molecule has 26 heavy (non-hydrogen) atoms. The molecular formula is C21H29BO3Si. The van der Waals surface area contributed by atoms with Gasteiger partial charge in [0.25, 0.3) is 8.32 Å². The van der Waals surface area contributed by atoms with Crippen molar-refractivity contribution in [1.29, 1.82) is 0 Å². The van der Waals surface area contributed by atoms with Gasteiger partial charge in [-0.05, 0) is 21.3 Å². The Bertz CT molecular complexity index is 657. The monoisotopic (exact) mass is 368 g/mol. The molecule has 0 amide bonds. The molecule has 2 N–H and O–H groups in total. The minimum absolute atomic E-state index is 0.0599. The van der Waals surface area contributed by atoms with E-state index in [1.165, 1.54) is 16.3 Å². The molecule has 1 atom stereocenters. The van der Waals surface area contributed by atoms with Crippen LogP contribution in [-0.4, -0.2) is 32.1 Å². The fraction of sp³-hybridized carbons (Fsp3) is 0.333. The zero-order valence-corrected chi connectivity index (χ0v) is 17.1. The van der Waals surface area contributed by atoms with Gasteiger partial charge in [0.15, 0.2) is 0 Å². The minimum atomic E-state index is -2.53. The molecule has 138 valence electrons. The van der Waals surface area contributed by atoms with Crippen LogP contribution in [0, 0.1) is 5.92 Å². The second-order valence-electron chi connectivity index (χ2n) is 7.75. The Morgan fingerprint density at radius 3 is 1.81 bits per heavy atom. The number of hydrogen-bond acceptors (Lipinski definition) is 3. The summed E-state index contributed by atoms with van der Waals surface area (Å²) in [6.45, 7) is 9.29. The number of rotatable bonds is 7. The summed E-state index contributed by atoms with van der Waals surface area (Å²) in [5.74, 6) is 1.47. The van der Waals surface area contributed by atoms with Crippen LogP contribution in [0.3, 0.4) is 0 Å². The molecule has 5 heteroatoms. The lowest BCUT2D eigenvalue weighted by molar-refractivity contribution is 0.268. The highest BCUT2D eigenvalue weighted by Gasteiger charge is 2.50. The standard InChI is InChI=1S/C21H29BO3Si/c1-18(15-16-22(23)24)17-25-26(21(2,3)4,19-11-7-5-8-12-19)20-13-9-6-10-14-20/h5-16,18,23-24H,17H2,1-4H3/b16-15+/t18-/m1/s1. The van der Waals surface area contributed by atoms with Gasteiger partial charge in [-0.1, -0.05) is 100 Å². The summed E-state index contributed by atoms with van der Waals surface area (Å²) in [6, 6.07) is 21.0. The van der Waals surface area contributed by atoms with E-state index in [0.717, 1.165) is 0 Å². The smallest absolute Gasteiger partial charge is 0.424 e. The largest absolute Gasteiger partial charge is 0.480 e. The molecule has 0 radical (unpaired) electrons. The van der Waals surface area contributed by atoms with Crippen LogP contribution in [0.25, 0.3) is 0 Å². The highest BCUT2D eigenvalue weighted by molar-refractivity contribution is 6.99. The Morgan fingerprint density at radius 2 is 1.42 bits per heavy atom. The van der Waals surface area contributed by atoms with E-state index in [4.69, 9.17) is 14.5 Å². The highest BCUT2D eigenvalue weighted by Crippen LogP contribution is 2.37. The van der Waals surface area contributed by atoms with Gasteiger partial charge in [-0.25, -0.2) is 0 Å². The first-order valence-electron chi connectivity index (χ1n) is 9.07. The van der Waals surface area contributed by atoms with Crippen molar-refractivity contribution in [1.82, 2.24) is 0 Å². The van der Waals surface area contributed by atoms with Crippen LogP contribution < -0.4 is 10.4 Å².